The molecule has 9 nitrogen and oxygen atoms in total. The zero-order valence-electron chi connectivity index (χ0n) is 18.6. The van der Waals surface area contributed by atoms with Gasteiger partial charge in [-0.1, -0.05) is 6.42 Å². The molecule has 2 aromatic carbocycles. The SMILES string of the molecule is COc1ccc(NC(C)=O)cc1NC(=O)COc1ccc2nc3n(c(=O)c2c1)CCCCC3. The number of rotatable bonds is 6. The molecule has 0 fully saturated rings. The van der Waals surface area contributed by atoms with Gasteiger partial charge in [0, 0.05) is 25.6 Å². The van der Waals surface area contributed by atoms with E-state index < -0.39 is 5.91 Å². The molecule has 2 amide bonds. The maximum Gasteiger partial charge on any atom is 0.262 e. The van der Waals surface area contributed by atoms with Crippen LogP contribution in [0, 0.1) is 0 Å². The summed E-state index contributed by atoms with van der Waals surface area (Å²) >= 11 is 0. The van der Waals surface area contributed by atoms with Crippen molar-refractivity contribution >= 4 is 34.1 Å². The van der Waals surface area contributed by atoms with Gasteiger partial charge in [-0.25, -0.2) is 4.98 Å². The van der Waals surface area contributed by atoms with Crippen molar-refractivity contribution in [2.75, 3.05) is 24.4 Å². The van der Waals surface area contributed by atoms with Crippen LogP contribution in [0.3, 0.4) is 0 Å². The van der Waals surface area contributed by atoms with Gasteiger partial charge in [-0.2, -0.15) is 0 Å². The molecule has 1 aliphatic heterocycles. The van der Waals surface area contributed by atoms with Gasteiger partial charge in [-0.3, -0.25) is 19.0 Å². The molecule has 0 saturated carbocycles. The summed E-state index contributed by atoms with van der Waals surface area (Å²) in [5.74, 6) is 1.05. The Bertz CT molecular complexity index is 1270. The summed E-state index contributed by atoms with van der Waals surface area (Å²) in [6.45, 7) is 1.81. The Labute approximate surface area is 190 Å². The number of fused-ring (bicyclic) bond motifs is 2. The number of methoxy groups -OCH3 is 1. The van der Waals surface area contributed by atoms with E-state index in [0.29, 0.717) is 40.3 Å². The minimum absolute atomic E-state index is 0.0775. The molecular weight excluding hydrogens is 424 g/mol. The van der Waals surface area contributed by atoms with Crippen LogP contribution in [-0.2, 0) is 22.6 Å². The molecule has 2 N–H and O–H groups in total. The van der Waals surface area contributed by atoms with E-state index in [-0.39, 0.29) is 18.1 Å². The third kappa shape index (κ3) is 5.14. The van der Waals surface area contributed by atoms with E-state index in [2.05, 4.69) is 15.6 Å². The number of nitrogens with one attached hydrogen (secondary N) is 2. The smallest absolute Gasteiger partial charge is 0.262 e. The fraction of sp³-hybridized carbons (Fsp3) is 0.333. The average molecular weight is 450 g/mol. The zero-order chi connectivity index (χ0) is 23.4. The second-order valence-corrected chi connectivity index (χ2v) is 7.91. The summed E-state index contributed by atoms with van der Waals surface area (Å²) in [5, 5.41) is 5.86. The third-order valence-electron chi connectivity index (χ3n) is 5.45. The Morgan fingerprint density at radius 3 is 2.73 bits per heavy atom. The Hall–Kier alpha value is -3.88. The summed E-state index contributed by atoms with van der Waals surface area (Å²) < 4.78 is 12.7. The van der Waals surface area contributed by atoms with E-state index in [1.807, 2.05) is 0 Å². The fourth-order valence-electron chi connectivity index (χ4n) is 3.91. The van der Waals surface area contributed by atoms with Crippen molar-refractivity contribution in [2.24, 2.45) is 0 Å². The van der Waals surface area contributed by atoms with Crippen LogP contribution in [-0.4, -0.2) is 35.1 Å². The van der Waals surface area contributed by atoms with Gasteiger partial charge >= 0.3 is 0 Å². The second kappa shape index (κ2) is 9.72. The Morgan fingerprint density at radius 2 is 1.94 bits per heavy atom. The molecule has 0 unspecified atom stereocenters. The number of aromatic nitrogens is 2. The van der Waals surface area contributed by atoms with E-state index in [4.69, 9.17) is 9.47 Å². The second-order valence-electron chi connectivity index (χ2n) is 7.91. The lowest BCUT2D eigenvalue weighted by molar-refractivity contribution is -0.118. The van der Waals surface area contributed by atoms with Gasteiger partial charge in [-0.15, -0.1) is 0 Å². The molecule has 1 aromatic heterocycles. The first-order valence-electron chi connectivity index (χ1n) is 10.9. The van der Waals surface area contributed by atoms with Crippen LogP contribution in [0.4, 0.5) is 11.4 Å². The van der Waals surface area contributed by atoms with Crippen LogP contribution >= 0.6 is 0 Å². The molecule has 0 spiro atoms. The van der Waals surface area contributed by atoms with Crippen molar-refractivity contribution in [3.05, 3.63) is 52.6 Å². The number of anilines is 2. The number of hydrogen-bond acceptors (Lipinski definition) is 6. The first-order chi connectivity index (χ1) is 15.9. The maximum atomic E-state index is 13.0. The largest absolute Gasteiger partial charge is 0.495 e. The molecule has 172 valence electrons. The molecule has 0 saturated heterocycles. The number of benzene rings is 2. The molecule has 33 heavy (non-hydrogen) atoms. The highest BCUT2D eigenvalue weighted by Gasteiger charge is 2.15. The number of carbonyl (C=O) groups is 2. The Morgan fingerprint density at radius 1 is 1.09 bits per heavy atom. The van der Waals surface area contributed by atoms with Crippen molar-refractivity contribution in [3.8, 4) is 11.5 Å². The van der Waals surface area contributed by atoms with E-state index >= 15 is 0 Å². The molecule has 0 aliphatic carbocycles. The van der Waals surface area contributed by atoms with Crippen molar-refractivity contribution in [1.82, 2.24) is 9.55 Å². The van der Waals surface area contributed by atoms with Crippen molar-refractivity contribution < 1.29 is 19.1 Å². The summed E-state index contributed by atoms with van der Waals surface area (Å²) in [5.41, 5.74) is 1.48. The fourth-order valence-corrected chi connectivity index (χ4v) is 3.91. The molecule has 4 rings (SSSR count). The van der Waals surface area contributed by atoms with Crippen molar-refractivity contribution in [3.63, 3.8) is 0 Å². The van der Waals surface area contributed by atoms with Crippen LogP contribution < -0.4 is 25.7 Å². The third-order valence-corrected chi connectivity index (χ3v) is 5.45. The lowest BCUT2D eigenvalue weighted by Crippen LogP contribution is -2.24. The zero-order valence-corrected chi connectivity index (χ0v) is 18.6. The average Bonchev–Trinajstić information content (AvgIpc) is 3.03. The van der Waals surface area contributed by atoms with E-state index in [0.717, 1.165) is 31.5 Å². The van der Waals surface area contributed by atoms with Crippen LogP contribution in [0.2, 0.25) is 0 Å². The van der Waals surface area contributed by atoms with Gasteiger partial charge in [0.2, 0.25) is 5.91 Å². The number of hydrogen-bond donors (Lipinski definition) is 2. The molecule has 0 radical (unpaired) electrons. The number of ether oxygens (including phenoxy) is 2. The number of carbonyl (C=O) groups excluding carboxylic acids is 2. The van der Waals surface area contributed by atoms with Gasteiger partial charge in [0.25, 0.3) is 11.5 Å². The molecule has 0 atom stereocenters. The molecule has 0 bridgehead atoms. The summed E-state index contributed by atoms with van der Waals surface area (Å²) in [7, 11) is 1.49. The first-order valence-corrected chi connectivity index (χ1v) is 10.9. The number of aryl methyl sites for hydroxylation is 1. The Kier molecular flexibility index (Phi) is 6.58. The molecule has 9 heteroatoms. The van der Waals surface area contributed by atoms with E-state index in [1.54, 1.807) is 41.0 Å². The van der Waals surface area contributed by atoms with Crippen LogP contribution in [0.25, 0.3) is 10.9 Å². The molecule has 1 aliphatic rings. The van der Waals surface area contributed by atoms with Gasteiger partial charge in [0.15, 0.2) is 6.61 Å². The first kappa shape index (κ1) is 22.3. The lowest BCUT2D eigenvalue weighted by Gasteiger charge is -2.13. The lowest BCUT2D eigenvalue weighted by atomic mass is 10.2. The highest BCUT2D eigenvalue weighted by Crippen LogP contribution is 2.28. The summed E-state index contributed by atoms with van der Waals surface area (Å²) in [6.07, 6.45) is 3.88. The summed E-state index contributed by atoms with van der Waals surface area (Å²) in [6, 6.07) is 10.0. The van der Waals surface area contributed by atoms with Gasteiger partial charge in [-0.05, 0) is 49.2 Å². The normalized spacial score (nSPS) is 13.0. The monoisotopic (exact) mass is 450 g/mol. The van der Waals surface area contributed by atoms with Crippen molar-refractivity contribution in [1.29, 1.82) is 0 Å². The van der Waals surface area contributed by atoms with Crippen LogP contribution in [0.15, 0.2) is 41.2 Å². The Balaban J connectivity index is 1.48. The molecular formula is C24H26N4O5. The quantitative estimate of drug-likeness (QED) is 0.597. The molecule has 3 aromatic rings. The summed E-state index contributed by atoms with van der Waals surface area (Å²) in [4.78, 5) is 41.4. The highest BCUT2D eigenvalue weighted by atomic mass is 16.5. The minimum Gasteiger partial charge on any atom is -0.495 e. The standard InChI is InChI=1S/C24H26N4O5/c1-15(29)25-16-7-10-21(32-2)20(12-16)27-23(30)14-33-17-8-9-19-18(13-17)24(31)28-11-5-3-4-6-22(28)26-19/h7-10,12-13H,3-6,11,14H2,1-2H3,(H,25,29)(H,27,30). The highest BCUT2D eigenvalue weighted by molar-refractivity contribution is 5.95. The number of nitrogens with zero attached hydrogens (tertiary/aromatic N) is 2. The van der Waals surface area contributed by atoms with Gasteiger partial charge < -0.3 is 20.1 Å². The number of amides is 2. The van der Waals surface area contributed by atoms with Gasteiger partial charge in [0.1, 0.15) is 17.3 Å². The predicted octanol–water partition coefficient (Wildman–Crippen LogP) is 3.11. The maximum absolute atomic E-state index is 13.0. The van der Waals surface area contributed by atoms with E-state index in [1.165, 1.54) is 14.0 Å². The van der Waals surface area contributed by atoms with Crippen LogP contribution in [0.1, 0.15) is 32.0 Å². The molecule has 2 heterocycles. The van der Waals surface area contributed by atoms with Crippen molar-refractivity contribution in [2.45, 2.75) is 39.2 Å². The van der Waals surface area contributed by atoms with Gasteiger partial charge in [0.05, 0.1) is 23.7 Å². The topological polar surface area (TPSA) is 112 Å². The van der Waals surface area contributed by atoms with E-state index in [9.17, 15) is 14.4 Å². The van der Waals surface area contributed by atoms with Crippen LogP contribution in [0.5, 0.6) is 11.5 Å². The predicted molar refractivity (Wildman–Crippen MR) is 125 cm³/mol. The minimum atomic E-state index is -0.412.